The molecule has 3 N–H and O–H groups in total. The van der Waals surface area contributed by atoms with Crippen molar-refractivity contribution < 1.29 is 14.3 Å². The summed E-state index contributed by atoms with van der Waals surface area (Å²) in [7, 11) is 1.66. The molecule has 0 spiro atoms. The second-order valence-electron chi connectivity index (χ2n) is 10.3. The number of hydrogen-bond acceptors (Lipinski definition) is 6. The summed E-state index contributed by atoms with van der Waals surface area (Å²) >= 11 is 0. The topological polar surface area (TPSA) is 95.7 Å². The van der Waals surface area contributed by atoms with Gasteiger partial charge in [0.25, 0.3) is 0 Å². The van der Waals surface area contributed by atoms with Gasteiger partial charge in [0, 0.05) is 37.0 Å². The Balaban J connectivity index is 1.38. The molecule has 1 atom stereocenters. The van der Waals surface area contributed by atoms with Crippen LogP contribution in [0.5, 0.6) is 5.75 Å². The van der Waals surface area contributed by atoms with E-state index in [-0.39, 0.29) is 17.4 Å². The summed E-state index contributed by atoms with van der Waals surface area (Å²) in [5.41, 5.74) is 3.28. The number of hydrogen-bond donors (Lipinski definition) is 3. The van der Waals surface area contributed by atoms with Crippen molar-refractivity contribution in [1.82, 2.24) is 10.3 Å². The Morgan fingerprint density at radius 2 is 1.94 bits per heavy atom. The molecule has 1 amide bonds. The minimum atomic E-state index is -0.559. The third-order valence-corrected chi connectivity index (χ3v) is 6.20. The maximum atomic E-state index is 13.0. The zero-order valence-corrected chi connectivity index (χ0v) is 21.7. The number of rotatable bonds is 8. The highest BCUT2D eigenvalue weighted by Crippen LogP contribution is 2.42. The van der Waals surface area contributed by atoms with Gasteiger partial charge in [-0.25, -0.2) is 4.79 Å². The van der Waals surface area contributed by atoms with Gasteiger partial charge < -0.3 is 25.1 Å². The Bertz CT molecular complexity index is 1290. The normalized spacial score (nSPS) is 15.1. The lowest BCUT2D eigenvalue weighted by atomic mass is 10.00. The van der Waals surface area contributed by atoms with E-state index in [4.69, 9.17) is 9.47 Å². The standard InChI is InChI=1S/C28H36N4O4/c1-18-17-32(27(34)36-28(2,3)4)26-19(13-20(35-5)14-22(18)26)16-29-11-8-12-30-25-15-24(33)21-9-6-7-10-23(21)31-25/h6-7,9-10,13-15,18,29H,8,11-12,16-17H2,1-5H3,(H2,30,31,33). The van der Waals surface area contributed by atoms with Gasteiger partial charge >= 0.3 is 6.09 Å². The fourth-order valence-corrected chi connectivity index (χ4v) is 4.54. The van der Waals surface area contributed by atoms with Crippen LogP contribution in [0.2, 0.25) is 0 Å². The first-order valence-corrected chi connectivity index (χ1v) is 12.4. The number of anilines is 2. The Morgan fingerprint density at radius 1 is 1.17 bits per heavy atom. The Kier molecular flexibility index (Phi) is 7.54. The number of para-hydroxylation sites is 1. The van der Waals surface area contributed by atoms with Crippen molar-refractivity contribution in [3.63, 3.8) is 0 Å². The number of aromatic nitrogens is 1. The Labute approximate surface area is 212 Å². The molecule has 3 aromatic rings. The third kappa shape index (κ3) is 5.82. The van der Waals surface area contributed by atoms with Crippen LogP contribution in [0.25, 0.3) is 10.9 Å². The lowest BCUT2D eigenvalue weighted by Gasteiger charge is -2.26. The number of pyridine rings is 1. The number of carbonyl (C=O) groups excluding carboxylic acids is 1. The van der Waals surface area contributed by atoms with Gasteiger partial charge in [-0.15, -0.1) is 0 Å². The van der Waals surface area contributed by atoms with Gasteiger partial charge in [-0.2, -0.15) is 0 Å². The number of aromatic amines is 1. The predicted molar refractivity (Wildman–Crippen MR) is 144 cm³/mol. The lowest BCUT2D eigenvalue weighted by molar-refractivity contribution is 0.0582. The summed E-state index contributed by atoms with van der Waals surface area (Å²) in [5.74, 6) is 1.69. The van der Waals surface area contributed by atoms with Crippen LogP contribution >= 0.6 is 0 Å². The minimum absolute atomic E-state index is 0.000579. The first-order valence-electron chi connectivity index (χ1n) is 12.4. The van der Waals surface area contributed by atoms with Crippen LogP contribution in [-0.2, 0) is 11.3 Å². The molecule has 1 aliphatic heterocycles. The lowest BCUT2D eigenvalue weighted by Crippen LogP contribution is -2.36. The van der Waals surface area contributed by atoms with Gasteiger partial charge in [0.15, 0.2) is 5.43 Å². The largest absolute Gasteiger partial charge is 0.497 e. The highest BCUT2D eigenvalue weighted by atomic mass is 16.6. The van der Waals surface area contributed by atoms with Crippen LogP contribution in [0.3, 0.4) is 0 Å². The van der Waals surface area contributed by atoms with Crippen molar-refractivity contribution in [2.45, 2.75) is 52.2 Å². The van der Waals surface area contributed by atoms with E-state index in [1.807, 2.05) is 57.2 Å². The Hall–Kier alpha value is -3.52. The molecule has 0 fully saturated rings. The summed E-state index contributed by atoms with van der Waals surface area (Å²) < 4.78 is 11.2. The highest BCUT2D eigenvalue weighted by Gasteiger charge is 2.35. The van der Waals surface area contributed by atoms with E-state index in [2.05, 4.69) is 22.5 Å². The number of fused-ring (bicyclic) bond motifs is 2. The summed E-state index contributed by atoms with van der Waals surface area (Å²) in [6.07, 6.45) is 0.529. The van der Waals surface area contributed by atoms with E-state index in [1.165, 1.54) is 0 Å². The van der Waals surface area contributed by atoms with Crippen LogP contribution in [0.1, 0.15) is 51.2 Å². The van der Waals surface area contributed by atoms with E-state index in [1.54, 1.807) is 18.1 Å². The van der Waals surface area contributed by atoms with Gasteiger partial charge in [-0.1, -0.05) is 19.1 Å². The number of carbonyl (C=O) groups is 1. The molecule has 36 heavy (non-hydrogen) atoms. The SMILES string of the molecule is COc1cc(CNCCCNc2cc(=O)c3ccccc3[nH]2)c2c(c1)C(C)CN2C(=O)OC(C)(C)C. The van der Waals surface area contributed by atoms with Crippen molar-refractivity contribution in [3.05, 3.63) is 63.8 Å². The monoisotopic (exact) mass is 492 g/mol. The van der Waals surface area contributed by atoms with Crippen molar-refractivity contribution in [2.75, 3.05) is 37.0 Å². The molecule has 1 aliphatic rings. The fourth-order valence-electron chi connectivity index (χ4n) is 4.54. The number of H-pyrrole nitrogens is 1. The Morgan fingerprint density at radius 3 is 2.69 bits per heavy atom. The number of ether oxygens (including phenoxy) is 2. The summed E-state index contributed by atoms with van der Waals surface area (Å²) in [4.78, 5) is 30.3. The van der Waals surface area contributed by atoms with Crippen LogP contribution in [0, 0.1) is 0 Å². The molecule has 4 rings (SSSR count). The van der Waals surface area contributed by atoms with Crippen molar-refractivity contribution in [3.8, 4) is 5.75 Å². The van der Waals surface area contributed by atoms with Crippen LogP contribution < -0.4 is 25.7 Å². The molecular formula is C28H36N4O4. The number of nitrogens with one attached hydrogen (secondary N) is 3. The molecule has 8 heteroatoms. The van der Waals surface area contributed by atoms with Crippen LogP contribution in [0.4, 0.5) is 16.3 Å². The summed E-state index contributed by atoms with van der Waals surface area (Å²) in [6, 6.07) is 13.1. The molecule has 8 nitrogen and oxygen atoms in total. The fraction of sp³-hybridized carbons (Fsp3) is 0.429. The predicted octanol–water partition coefficient (Wildman–Crippen LogP) is 4.99. The zero-order valence-electron chi connectivity index (χ0n) is 21.7. The third-order valence-electron chi connectivity index (χ3n) is 6.20. The van der Waals surface area contributed by atoms with E-state index in [9.17, 15) is 9.59 Å². The molecule has 1 aromatic heterocycles. The molecule has 0 saturated heterocycles. The van der Waals surface area contributed by atoms with Crippen molar-refractivity contribution in [1.29, 1.82) is 0 Å². The van der Waals surface area contributed by atoms with E-state index < -0.39 is 5.60 Å². The quantitative estimate of drug-likeness (QED) is 0.384. The molecule has 0 aliphatic carbocycles. The molecular weight excluding hydrogens is 456 g/mol. The molecule has 1 unspecified atom stereocenters. The number of amides is 1. The van der Waals surface area contributed by atoms with Crippen molar-refractivity contribution >= 4 is 28.5 Å². The van der Waals surface area contributed by atoms with Gasteiger partial charge in [0.05, 0.1) is 18.3 Å². The average Bonchev–Trinajstić information content (AvgIpc) is 3.17. The number of methoxy groups -OCH3 is 1. The van der Waals surface area contributed by atoms with Crippen LogP contribution in [0.15, 0.2) is 47.3 Å². The first-order chi connectivity index (χ1) is 17.2. The second kappa shape index (κ2) is 10.6. The molecule has 192 valence electrons. The minimum Gasteiger partial charge on any atom is -0.497 e. The molecule has 2 heterocycles. The average molecular weight is 493 g/mol. The van der Waals surface area contributed by atoms with E-state index >= 15 is 0 Å². The molecule has 0 radical (unpaired) electrons. The van der Waals surface area contributed by atoms with Crippen molar-refractivity contribution in [2.24, 2.45) is 0 Å². The summed E-state index contributed by atoms with van der Waals surface area (Å²) in [5, 5.41) is 7.47. The van der Waals surface area contributed by atoms with Gasteiger partial charge in [0.1, 0.15) is 17.2 Å². The first kappa shape index (κ1) is 25.6. The number of nitrogens with zero attached hydrogens (tertiary/aromatic N) is 1. The number of benzene rings is 2. The zero-order chi connectivity index (χ0) is 25.9. The molecule has 0 saturated carbocycles. The van der Waals surface area contributed by atoms with E-state index in [0.29, 0.717) is 30.8 Å². The maximum Gasteiger partial charge on any atom is 0.414 e. The van der Waals surface area contributed by atoms with Gasteiger partial charge in [0.2, 0.25) is 0 Å². The second-order valence-corrected chi connectivity index (χ2v) is 10.3. The molecule has 0 bridgehead atoms. The maximum absolute atomic E-state index is 13.0. The van der Waals surface area contributed by atoms with Gasteiger partial charge in [-0.05, 0) is 69.1 Å². The summed E-state index contributed by atoms with van der Waals surface area (Å²) in [6.45, 7) is 10.4. The van der Waals surface area contributed by atoms with Gasteiger partial charge in [-0.3, -0.25) is 9.69 Å². The smallest absolute Gasteiger partial charge is 0.414 e. The molecule has 2 aromatic carbocycles. The van der Waals surface area contributed by atoms with Crippen LogP contribution in [-0.4, -0.2) is 43.4 Å². The highest BCUT2D eigenvalue weighted by molar-refractivity contribution is 5.92. The van der Waals surface area contributed by atoms with E-state index in [0.717, 1.165) is 41.0 Å².